The maximum Gasteiger partial charge on any atom is 0.328 e. The molecule has 48 heavy (non-hydrogen) atoms. The average molecular weight is 681 g/mol. The highest BCUT2D eigenvalue weighted by molar-refractivity contribution is 8.01. The summed E-state index contributed by atoms with van der Waals surface area (Å²) in [6.45, 7) is 5.33. The van der Waals surface area contributed by atoms with Gasteiger partial charge in [-0.1, -0.05) is 12.1 Å². The smallest absolute Gasteiger partial charge is 0.328 e. The van der Waals surface area contributed by atoms with Crippen molar-refractivity contribution < 1.29 is 48.6 Å². The molecule has 2 heterocycles. The van der Waals surface area contributed by atoms with Crippen molar-refractivity contribution >= 4 is 35.3 Å². The summed E-state index contributed by atoms with van der Waals surface area (Å²) < 4.78 is 16.8. The molecule has 0 spiro atoms. The largest absolute Gasteiger partial charge is 0.497 e. The number of thioether (sulfide) groups is 1. The van der Waals surface area contributed by atoms with Crippen LogP contribution in [0, 0.1) is 0 Å². The number of hydrogen-bond donors (Lipinski definition) is 2. The molecule has 0 radical (unpaired) electrons. The molecule has 0 fully saturated rings. The van der Waals surface area contributed by atoms with Crippen LogP contribution in [0.5, 0.6) is 23.0 Å². The summed E-state index contributed by atoms with van der Waals surface area (Å²) in [6, 6.07) is 19.5. The summed E-state index contributed by atoms with van der Waals surface area (Å²) in [5.74, 6) is 0.409. The number of amides is 1. The number of ether oxygens (including phenoxy) is 3. The third kappa shape index (κ3) is 9.43. The van der Waals surface area contributed by atoms with Crippen molar-refractivity contribution in [1.82, 2.24) is 4.90 Å². The molecule has 256 valence electrons. The molecule has 12 nitrogen and oxygen atoms in total. The Morgan fingerprint density at radius 3 is 2.44 bits per heavy atom. The van der Waals surface area contributed by atoms with Gasteiger partial charge in [-0.3, -0.25) is 4.79 Å². The van der Waals surface area contributed by atoms with E-state index >= 15 is 0 Å². The highest BCUT2D eigenvalue weighted by Gasteiger charge is 2.45. The number of carbonyl (C=O) groups is 3. The predicted octanol–water partition coefficient (Wildman–Crippen LogP) is 5.38. The zero-order chi connectivity index (χ0) is 34.7. The Bertz CT molecular complexity index is 1610. The number of rotatable bonds is 14. The number of carboxylic acids is 2. The highest BCUT2D eigenvalue weighted by Crippen LogP contribution is 2.52. The number of methoxy groups -OCH3 is 1. The van der Waals surface area contributed by atoms with Crippen molar-refractivity contribution in [3.8, 4) is 23.0 Å². The number of aliphatic carboxylic acids is 2. The van der Waals surface area contributed by atoms with Gasteiger partial charge in [-0.05, 0) is 75.8 Å². The second-order valence-corrected chi connectivity index (χ2v) is 12.6. The van der Waals surface area contributed by atoms with Gasteiger partial charge >= 0.3 is 11.9 Å². The van der Waals surface area contributed by atoms with E-state index in [0.717, 1.165) is 59.1 Å². The van der Waals surface area contributed by atoms with E-state index in [2.05, 4.69) is 18.0 Å². The fraction of sp³-hybridized carbons (Fsp3) is 0.343. The molecular weight excluding hydrogens is 640 g/mol. The van der Waals surface area contributed by atoms with Crippen LogP contribution in [0.25, 0.3) is 0 Å². The first-order valence-electron chi connectivity index (χ1n) is 15.3. The van der Waals surface area contributed by atoms with Gasteiger partial charge in [0.1, 0.15) is 35.2 Å². The van der Waals surface area contributed by atoms with E-state index < -0.39 is 16.7 Å². The van der Waals surface area contributed by atoms with Crippen LogP contribution in [0.2, 0.25) is 0 Å². The zero-order valence-electron chi connectivity index (χ0n) is 27.3. The number of hydrogen-bond acceptors (Lipinski definition) is 10. The lowest BCUT2D eigenvalue weighted by molar-refractivity contribution is -0.194. The Morgan fingerprint density at radius 2 is 1.71 bits per heavy atom. The molecule has 3 aromatic carbocycles. The van der Waals surface area contributed by atoms with Crippen molar-refractivity contribution in [3.63, 3.8) is 0 Å². The second-order valence-electron chi connectivity index (χ2n) is 11.2. The van der Waals surface area contributed by atoms with Crippen LogP contribution in [0.1, 0.15) is 30.9 Å². The fourth-order valence-corrected chi connectivity index (χ4v) is 6.43. The van der Waals surface area contributed by atoms with Gasteiger partial charge in [0.25, 0.3) is 0 Å². The van der Waals surface area contributed by atoms with Crippen LogP contribution in [0.15, 0.2) is 77.7 Å². The first-order valence-corrected chi connectivity index (χ1v) is 16.1. The Hall–Kier alpha value is -4.72. The van der Waals surface area contributed by atoms with Gasteiger partial charge in [0.05, 0.1) is 19.4 Å². The molecule has 2 aliphatic rings. The minimum Gasteiger partial charge on any atom is -0.497 e. The number of para-hydroxylation sites is 1. The quantitative estimate of drug-likeness (QED) is 0.128. The van der Waals surface area contributed by atoms with Gasteiger partial charge in [0, 0.05) is 47.8 Å². The number of nitrogens with zero attached hydrogens (tertiary/aromatic N) is 2. The third-order valence-electron chi connectivity index (χ3n) is 7.66. The zero-order valence-corrected chi connectivity index (χ0v) is 28.2. The van der Waals surface area contributed by atoms with Crippen LogP contribution >= 0.6 is 11.8 Å². The van der Waals surface area contributed by atoms with E-state index in [4.69, 9.17) is 34.2 Å². The molecule has 1 amide bonds. The van der Waals surface area contributed by atoms with E-state index in [1.54, 1.807) is 23.8 Å². The minimum atomic E-state index is -1.26. The van der Waals surface area contributed by atoms with Gasteiger partial charge < -0.3 is 39.1 Å². The summed E-state index contributed by atoms with van der Waals surface area (Å²) in [6.07, 6.45) is 2.98. The molecular formula is C35H40N2O10S. The number of benzene rings is 3. The van der Waals surface area contributed by atoms with E-state index in [1.807, 2.05) is 68.6 Å². The summed E-state index contributed by atoms with van der Waals surface area (Å²) in [4.78, 5) is 47.9. The predicted molar refractivity (Wildman–Crippen MR) is 180 cm³/mol. The Labute approximate surface area is 283 Å². The van der Waals surface area contributed by atoms with E-state index in [-0.39, 0.29) is 5.91 Å². The van der Waals surface area contributed by atoms with Crippen molar-refractivity contribution in [2.75, 3.05) is 52.4 Å². The molecule has 0 saturated carbocycles. The number of likely N-dealkylation sites (N-methyl/N-ethyl adjacent to an activating group) is 2. The summed E-state index contributed by atoms with van der Waals surface area (Å²) in [7, 11) is 5.55. The lowest BCUT2D eigenvalue weighted by Gasteiger charge is -2.39. The maximum absolute atomic E-state index is 13.6. The number of unbranched alkanes of at least 4 members (excludes halogenated alkanes) is 1. The minimum absolute atomic E-state index is 0.0129. The molecule has 13 heteroatoms. The molecule has 1 atom stereocenters. The van der Waals surface area contributed by atoms with E-state index in [1.165, 1.54) is 0 Å². The van der Waals surface area contributed by atoms with Gasteiger partial charge in [-0.25, -0.2) is 9.59 Å². The Morgan fingerprint density at radius 1 is 0.979 bits per heavy atom. The van der Waals surface area contributed by atoms with Gasteiger partial charge in [-0.15, -0.1) is 11.8 Å². The molecule has 5 rings (SSSR count). The van der Waals surface area contributed by atoms with Crippen molar-refractivity contribution in [3.05, 3.63) is 83.9 Å². The van der Waals surface area contributed by atoms with E-state index in [0.29, 0.717) is 43.5 Å². The lowest BCUT2D eigenvalue weighted by Crippen LogP contribution is -2.44. The molecule has 0 aliphatic carbocycles. The number of carbonyl (C=O) groups excluding carboxylic acids is 1. The van der Waals surface area contributed by atoms with Crippen LogP contribution in [0.4, 0.5) is 5.69 Å². The molecule has 0 bridgehead atoms. The lowest BCUT2D eigenvalue weighted by atomic mass is 9.96. The van der Waals surface area contributed by atoms with Crippen molar-refractivity contribution in [1.29, 1.82) is 0 Å². The van der Waals surface area contributed by atoms with Crippen molar-refractivity contribution in [2.45, 2.75) is 36.0 Å². The molecule has 2 N–H and O–H groups in total. The SMILES string of the molecule is COc1ccc(OCCCCN(C)CCOc2ccc3c(c2)OOC3)c(C2(C)Sc3ccccc3N(C)C2=O)c1.O=C(O)/C=C/C(=O)O. The monoisotopic (exact) mass is 680 g/mol. The van der Waals surface area contributed by atoms with Gasteiger partial charge in [-0.2, -0.15) is 4.89 Å². The number of carboxylic acid groups (broad SMARTS) is 2. The second kappa shape index (κ2) is 16.9. The topological polar surface area (TPSA) is 144 Å². The van der Waals surface area contributed by atoms with Crippen molar-refractivity contribution in [2.24, 2.45) is 0 Å². The fourth-order valence-electron chi connectivity index (χ4n) is 5.04. The molecule has 0 aromatic heterocycles. The van der Waals surface area contributed by atoms with Gasteiger partial charge in [0.2, 0.25) is 5.91 Å². The number of anilines is 1. The standard InChI is InChI=1S/C31H36N2O6S.C4H4O4/c1-31(30(34)33(3)26-9-5-6-10-29(26)40-31)25-19-23(35-4)13-14-27(25)37-17-8-7-15-32(2)16-18-36-24-12-11-22-21-38-39-28(22)20-24;5-3(6)1-2-4(7)8/h5-6,9-14,19-20H,7-8,15-18,21H2,1-4H3;1-2H,(H,5,6)(H,7,8)/b;2-1+. The molecule has 0 saturated heterocycles. The maximum atomic E-state index is 13.6. The summed E-state index contributed by atoms with van der Waals surface area (Å²) >= 11 is 1.56. The van der Waals surface area contributed by atoms with Crippen LogP contribution in [-0.2, 0) is 30.6 Å². The summed E-state index contributed by atoms with van der Waals surface area (Å²) in [5, 5.41) is 15.6. The average Bonchev–Trinajstić information content (AvgIpc) is 3.55. The molecule has 3 aromatic rings. The highest BCUT2D eigenvalue weighted by atomic mass is 32.2. The van der Waals surface area contributed by atoms with Crippen LogP contribution < -0.4 is 24.0 Å². The molecule has 1 unspecified atom stereocenters. The van der Waals surface area contributed by atoms with E-state index in [9.17, 15) is 14.4 Å². The number of fused-ring (bicyclic) bond motifs is 2. The molecule has 2 aliphatic heterocycles. The Kier molecular flexibility index (Phi) is 12.7. The van der Waals surface area contributed by atoms with Gasteiger partial charge in [0.15, 0.2) is 5.75 Å². The Balaban J connectivity index is 0.000000579. The normalized spacial score (nSPS) is 16.4. The van der Waals surface area contributed by atoms with Crippen LogP contribution in [0.3, 0.4) is 0 Å². The van der Waals surface area contributed by atoms with Crippen LogP contribution in [-0.4, -0.2) is 80.5 Å². The first-order chi connectivity index (χ1) is 23.0. The third-order valence-corrected chi connectivity index (χ3v) is 9.03. The summed E-state index contributed by atoms with van der Waals surface area (Å²) in [5.41, 5.74) is 2.77. The first kappa shape index (κ1) is 36.1.